The third-order valence-electron chi connectivity index (χ3n) is 2.29. The van der Waals surface area contributed by atoms with Crippen molar-refractivity contribution in [2.24, 2.45) is 5.73 Å². The van der Waals surface area contributed by atoms with Crippen LogP contribution in [0.2, 0.25) is 0 Å². The van der Waals surface area contributed by atoms with E-state index in [4.69, 9.17) is 11.5 Å². The topological polar surface area (TPSA) is 115 Å². The maximum absolute atomic E-state index is 13.2. The zero-order valence-corrected chi connectivity index (χ0v) is 10.7. The molecule has 0 aliphatic carbocycles. The normalized spacial score (nSPS) is 12.4. The lowest BCUT2D eigenvalue weighted by atomic mass is 10.1. The summed E-state index contributed by atoms with van der Waals surface area (Å²) in [4.78, 5) is 10.7. The summed E-state index contributed by atoms with van der Waals surface area (Å²) in [7, 11) is -4.05. The number of sulfonamides is 1. The van der Waals surface area contributed by atoms with Crippen molar-refractivity contribution in [1.82, 2.24) is 4.72 Å². The smallest absolute Gasteiger partial charge is 0.241 e. The molecular weight excluding hydrogens is 261 g/mol. The van der Waals surface area contributed by atoms with Gasteiger partial charge in [-0.3, -0.25) is 4.79 Å². The molecule has 18 heavy (non-hydrogen) atoms. The Labute approximate surface area is 104 Å². The number of nitrogen functional groups attached to an aromatic ring is 1. The average molecular weight is 275 g/mol. The van der Waals surface area contributed by atoms with E-state index in [-0.39, 0.29) is 10.6 Å². The van der Waals surface area contributed by atoms with Crippen molar-refractivity contribution in [3.63, 3.8) is 0 Å². The molecule has 0 bridgehead atoms. The van der Waals surface area contributed by atoms with E-state index in [1.165, 1.54) is 13.8 Å². The van der Waals surface area contributed by atoms with Crippen LogP contribution in [0.4, 0.5) is 10.1 Å². The minimum absolute atomic E-state index is 0.164. The molecular formula is C10H14FN3O3S. The highest BCUT2D eigenvalue weighted by molar-refractivity contribution is 7.89. The summed E-state index contributed by atoms with van der Waals surface area (Å²) >= 11 is 0. The SMILES string of the molecule is CC(C)(NS(=O)(=O)c1ccc(N)c(F)c1)C(N)=O. The first-order chi connectivity index (χ1) is 8.06. The van der Waals surface area contributed by atoms with Gasteiger partial charge in [0.25, 0.3) is 0 Å². The summed E-state index contributed by atoms with van der Waals surface area (Å²) in [5.41, 5.74) is 8.65. The first kappa shape index (κ1) is 14.4. The molecule has 1 amide bonds. The number of hydrogen-bond acceptors (Lipinski definition) is 4. The number of anilines is 1. The molecule has 8 heteroatoms. The summed E-state index contributed by atoms with van der Waals surface area (Å²) in [6.07, 6.45) is 0. The van der Waals surface area contributed by atoms with Crippen molar-refractivity contribution in [2.45, 2.75) is 24.3 Å². The van der Waals surface area contributed by atoms with Gasteiger partial charge in [0, 0.05) is 0 Å². The second-order valence-corrected chi connectivity index (χ2v) is 5.96. The van der Waals surface area contributed by atoms with E-state index in [1.807, 2.05) is 0 Å². The number of primary amides is 1. The maximum atomic E-state index is 13.2. The fraction of sp³-hybridized carbons (Fsp3) is 0.300. The molecule has 0 atom stereocenters. The molecule has 0 aliphatic rings. The molecule has 0 saturated carbocycles. The van der Waals surface area contributed by atoms with Gasteiger partial charge in [-0.1, -0.05) is 0 Å². The van der Waals surface area contributed by atoms with Crippen LogP contribution in [0.1, 0.15) is 13.8 Å². The molecule has 1 aromatic rings. The Hall–Kier alpha value is -1.67. The van der Waals surface area contributed by atoms with Crippen LogP contribution in [0.25, 0.3) is 0 Å². The van der Waals surface area contributed by atoms with Crippen LogP contribution >= 0.6 is 0 Å². The van der Waals surface area contributed by atoms with Gasteiger partial charge in [0.1, 0.15) is 11.4 Å². The van der Waals surface area contributed by atoms with Crippen LogP contribution in [0.5, 0.6) is 0 Å². The largest absolute Gasteiger partial charge is 0.396 e. The van der Waals surface area contributed by atoms with Crippen LogP contribution in [0.3, 0.4) is 0 Å². The van der Waals surface area contributed by atoms with Gasteiger partial charge < -0.3 is 11.5 Å². The molecule has 0 heterocycles. The lowest BCUT2D eigenvalue weighted by Crippen LogP contribution is -2.52. The summed E-state index contributed by atoms with van der Waals surface area (Å²) in [6.45, 7) is 2.61. The van der Waals surface area contributed by atoms with Gasteiger partial charge in [0.15, 0.2) is 0 Å². The van der Waals surface area contributed by atoms with Gasteiger partial charge in [-0.2, -0.15) is 4.72 Å². The number of benzene rings is 1. The van der Waals surface area contributed by atoms with Crippen LogP contribution in [0, 0.1) is 5.82 Å². The number of nitrogens with two attached hydrogens (primary N) is 2. The molecule has 0 unspecified atom stereocenters. The van der Waals surface area contributed by atoms with Crippen molar-refractivity contribution in [3.8, 4) is 0 Å². The van der Waals surface area contributed by atoms with Crippen molar-refractivity contribution in [3.05, 3.63) is 24.0 Å². The van der Waals surface area contributed by atoms with Crippen molar-refractivity contribution < 1.29 is 17.6 Å². The number of carbonyl (C=O) groups is 1. The van der Waals surface area contributed by atoms with Crippen LogP contribution < -0.4 is 16.2 Å². The lowest BCUT2D eigenvalue weighted by Gasteiger charge is -2.22. The molecule has 0 aromatic heterocycles. The molecule has 100 valence electrons. The summed E-state index contributed by atoms with van der Waals surface area (Å²) in [5, 5.41) is 0. The Bertz CT molecular complexity index is 584. The van der Waals surface area contributed by atoms with E-state index in [0.717, 1.165) is 18.2 Å². The number of rotatable bonds is 4. The van der Waals surface area contributed by atoms with Gasteiger partial charge >= 0.3 is 0 Å². The van der Waals surface area contributed by atoms with Gasteiger partial charge in [-0.15, -0.1) is 0 Å². The quantitative estimate of drug-likeness (QED) is 0.668. The first-order valence-corrected chi connectivity index (χ1v) is 6.43. The third-order valence-corrected chi connectivity index (χ3v) is 3.94. The Morgan fingerprint density at radius 1 is 1.39 bits per heavy atom. The fourth-order valence-corrected chi connectivity index (χ4v) is 2.52. The summed E-state index contributed by atoms with van der Waals surface area (Å²) in [6, 6.07) is 3.04. The highest BCUT2D eigenvalue weighted by atomic mass is 32.2. The van der Waals surface area contributed by atoms with E-state index < -0.39 is 27.3 Å². The lowest BCUT2D eigenvalue weighted by molar-refractivity contribution is -0.122. The Kier molecular flexibility index (Phi) is 3.63. The van der Waals surface area contributed by atoms with Crippen molar-refractivity contribution in [1.29, 1.82) is 0 Å². The van der Waals surface area contributed by atoms with Crippen LogP contribution in [0.15, 0.2) is 23.1 Å². The van der Waals surface area contributed by atoms with Gasteiger partial charge in [-0.05, 0) is 32.0 Å². The number of hydrogen-bond donors (Lipinski definition) is 3. The molecule has 0 aliphatic heterocycles. The van der Waals surface area contributed by atoms with E-state index >= 15 is 0 Å². The number of halogens is 1. The van der Waals surface area contributed by atoms with E-state index in [0.29, 0.717) is 0 Å². The number of carbonyl (C=O) groups excluding carboxylic acids is 1. The molecule has 0 saturated heterocycles. The third kappa shape index (κ3) is 2.96. The fourth-order valence-electron chi connectivity index (χ4n) is 1.12. The minimum atomic E-state index is -4.05. The van der Waals surface area contributed by atoms with Gasteiger partial charge in [0.05, 0.1) is 10.6 Å². The average Bonchev–Trinajstić information content (AvgIpc) is 2.20. The van der Waals surface area contributed by atoms with E-state index in [1.54, 1.807) is 0 Å². The van der Waals surface area contributed by atoms with Crippen molar-refractivity contribution >= 4 is 21.6 Å². The summed E-state index contributed by atoms with van der Waals surface area (Å²) < 4.78 is 39.1. The number of amides is 1. The van der Waals surface area contributed by atoms with E-state index in [9.17, 15) is 17.6 Å². The van der Waals surface area contributed by atoms with E-state index in [2.05, 4.69) is 4.72 Å². The van der Waals surface area contributed by atoms with Crippen LogP contribution in [-0.4, -0.2) is 19.9 Å². The zero-order chi connectivity index (χ0) is 14.1. The van der Waals surface area contributed by atoms with Crippen LogP contribution in [-0.2, 0) is 14.8 Å². The minimum Gasteiger partial charge on any atom is -0.396 e. The molecule has 0 spiro atoms. The monoisotopic (exact) mass is 275 g/mol. The predicted octanol–water partition coefficient (Wildman–Crippen LogP) is -0.0499. The standard InChI is InChI=1S/C10H14FN3O3S/c1-10(2,9(13)15)14-18(16,17)6-3-4-8(12)7(11)5-6/h3-5,14H,12H2,1-2H3,(H2,13,15). The van der Waals surface area contributed by atoms with Gasteiger partial charge in [0.2, 0.25) is 15.9 Å². The highest BCUT2D eigenvalue weighted by Gasteiger charge is 2.31. The Balaban J connectivity index is 3.15. The Morgan fingerprint density at radius 3 is 2.39 bits per heavy atom. The maximum Gasteiger partial charge on any atom is 0.241 e. The highest BCUT2D eigenvalue weighted by Crippen LogP contribution is 2.17. The molecule has 6 nitrogen and oxygen atoms in total. The first-order valence-electron chi connectivity index (χ1n) is 4.95. The molecule has 1 rings (SSSR count). The number of nitrogens with one attached hydrogen (secondary N) is 1. The molecule has 0 radical (unpaired) electrons. The molecule has 5 N–H and O–H groups in total. The zero-order valence-electron chi connectivity index (χ0n) is 9.90. The summed E-state index contributed by atoms with van der Waals surface area (Å²) in [5.74, 6) is -1.70. The second-order valence-electron chi connectivity index (χ2n) is 4.28. The molecule has 1 aromatic carbocycles. The Morgan fingerprint density at radius 2 is 1.94 bits per heavy atom. The predicted molar refractivity (Wildman–Crippen MR) is 64.4 cm³/mol. The van der Waals surface area contributed by atoms with Gasteiger partial charge in [-0.25, -0.2) is 12.8 Å². The second kappa shape index (κ2) is 4.54. The molecule has 0 fully saturated rings. The van der Waals surface area contributed by atoms with Crippen molar-refractivity contribution in [2.75, 3.05) is 5.73 Å².